The first-order chi connectivity index (χ1) is 7.57. The van der Waals surface area contributed by atoms with Crippen molar-refractivity contribution < 1.29 is 14.3 Å². The molecule has 5 heteroatoms. The summed E-state index contributed by atoms with van der Waals surface area (Å²) in [5.41, 5.74) is 0.558. The molecule has 0 aromatic heterocycles. The second-order valence-electron chi connectivity index (χ2n) is 2.97. The molecule has 0 radical (unpaired) electrons. The van der Waals surface area contributed by atoms with Crippen LogP contribution in [0.1, 0.15) is 17.9 Å². The second kappa shape index (κ2) is 6.01. The van der Waals surface area contributed by atoms with Gasteiger partial charge in [0.2, 0.25) is 0 Å². The molecular formula is C11H10BrClO3. The van der Waals surface area contributed by atoms with Gasteiger partial charge in [-0.2, -0.15) is 0 Å². The van der Waals surface area contributed by atoms with Gasteiger partial charge < -0.3 is 4.74 Å². The molecular weight excluding hydrogens is 295 g/mol. The van der Waals surface area contributed by atoms with Gasteiger partial charge in [0.05, 0.1) is 6.61 Å². The zero-order valence-electron chi connectivity index (χ0n) is 8.57. The smallest absolute Gasteiger partial charge is 0.376 e. The summed E-state index contributed by atoms with van der Waals surface area (Å²) in [6, 6.07) is 6.97. The molecule has 1 unspecified atom stereocenters. The molecule has 0 amide bonds. The zero-order valence-corrected chi connectivity index (χ0v) is 10.9. The Bertz CT molecular complexity index is 406. The van der Waals surface area contributed by atoms with Crippen LogP contribution in [0.2, 0.25) is 0 Å². The Labute approximate surface area is 107 Å². The molecule has 3 nitrogen and oxygen atoms in total. The maximum atomic E-state index is 11.6. The minimum absolute atomic E-state index is 0.157. The van der Waals surface area contributed by atoms with Gasteiger partial charge in [0.25, 0.3) is 5.78 Å². The Balaban J connectivity index is 2.86. The molecule has 0 aliphatic rings. The van der Waals surface area contributed by atoms with Gasteiger partial charge in [-0.1, -0.05) is 34.1 Å². The van der Waals surface area contributed by atoms with E-state index in [2.05, 4.69) is 20.7 Å². The van der Waals surface area contributed by atoms with E-state index >= 15 is 0 Å². The highest BCUT2D eigenvalue weighted by molar-refractivity contribution is 9.10. The first-order valence-corrected chi connectivity index (χ1v) is 5.90. The number of rotatable bonds is 4. The number of ketones is 1. The van der Waals surface area contributed by atoms with Crippen molar-refractivity contribution in [3.8, 4) is 0 Å². The highest BCUT2D eigenvalue weighted by atomic mass is 79.9. The van der Waals surface area contributed by atoms with E-state index in [1.165, 1.54) is 0 Å². The number of benzene rings is 1. The van der Waals surface area contributed by atoms with Crippen molar-refractivity contribution in [2.45, 2.75) is 12.3 Å². The molecule has 0 saturated carbocycles. The van der Waals surface area contributed by atoms with Gasteiger partial charge in [0.1, 0.15) is 5.38 Å². The Morgan fingerprint density at radius 3 is 2.62 bits per heavy atom. The van der Waals surface area contributed by atoms with Crippen molar-refractivity contribution in [3.63, 3.8) is 0 Å². The quantitative estimate of drug-likeness (QED) is 0.488. The van der Waals surface area contributed by atoms with Crippen LogP contribution in [0.25, 0.3) is 0 Å². The highest BCUT2D eigenvalue weighted by Gasteiger charge is 2.27. The van der Waals surface area contributed by atoms with Crippen LogP contribution in [0, 0.1) is 0 Å². The minimum Gasteiger partial charge on any atom is -0.460 e. The normalized spacial score (nSPS) is 11.9. The Morgan fingerprint density at radius 1 is 1.44 bits per heavy atom. The number of Topliss-reactive ketones (excluding diaryl/α,β-unsaturated/α-hetero) is 1. The molecule has 0 spiro atoms. The van der Waals surface area contributed by atoms with Crippen LogP contribution < -0.4 is 0 Å². The SMILES string of the molecule is CCOC(=O)C(=O)C(Cl)c1ccccc1Br. The monoisotopic (exact) mass is 304 g/mol. The molecule has 86 valence electrons. The van der Waals surface area contributed by atoms with E-state index < -0.39 is 17.1 Å². The van der Waals surface area contributed by atoms with Crippen LogP contribution in [-0.4, -0.2) is 18.4 Å². The average molecular weight is 306 g/mol. The lowest BCUT2D eigenvalue weighted by atomic mass is 10.1. The Hall–Kier alpha value is -0.870. The molecule has 0 bridgehead atoms. The van der Waals surface area contributed by atoms with Crippen LogP contribution in [0.4, 0.5) is 0 Å². The standard InChI is InChI=1S/C11H10BrClO3/c1-2-16-11(15)10(14)9(13)7-5-3-4-6-8(7)12/h3-6,9H,2H2,1H3. The van der Waals surface area contributed by atoms with E-state index in [0.717, 1.165) is 0 Å². The lowest BCUT2D eigenvalue weighted by Gasteiger charge is -2.09. The predicted octanol–water partition coefficient (Wildman–Crippen LogP) is 2.86. The molecule has 0 saturated heterocycles. The fraction of sp³-hybridized carbons (Fsp3) is 0.273. The molecule has 0 aliphatic heterocycles. The van der Waals surface area contributed by atoms with Crippen LogP contribution in [0.3, 0.4) is 0 Å². The maximum absolute atomic E-state index is 11.6. The van der Waals surface area contributed by atoms with Gasteiger partial charge in [-0.05, 0) is 18.6 Å². The van der Waals surface area contributed by atoms with Crippen LogP contribution in [0.5, 0.6) is 0 Å². The van der Waals surface area contributed by atoms with Crippen LogP contribution >= 0.6 is 27.5 Å². The summed E-state index contributed by atoms with van der Waals surface area (Å²) in [5, 5.41) is -1.02. The number of halogens is 2. The molecule has 0 fully saturated rings. The topological polar surface area (TPSA) is 43.4 Å². The second-order valence-corrected chi connectivity index (χ2v) is 4.26. The van der Waals surface area contributed by atoms with Crippen molar-refractivity contribution in [1.82, 2.24) is 0 Å². The van der Waals surface area contributed by atoms with Crippen molar-refractivity contribution >= 4 is 39.3 Å². The fourth-order valence-corrected chi connectivity index (χ4v) is 2.05. The van der Waals surface area contributed by atoms with Gasteiger partial charge in [0, 0.05) is 4.47 Å². The lowest BCUT2D eigenvalue weighted by molar-refractivity contribution is -0.153. The predicted molar refractivity (Wildman–Crippen MR) is 64.4 cm³/mol. The van der Waals surface area contributed by atoms with Gasteiger partial charge in [0.15, 0.2) is 0 Å². The van der Waals surface area contributed by atoms with E-state index in [9.17, 15) is 9.59 Å². The number of esters is 1. The number of hydrogen-bond acceptors (Lipinski definition) is 3. The molecule has 1 atom stereocenters. The lowest BCUT2D eigenvalue weighted by Crippen LogP contribution is -2.21. The van der Waals surface area contributed by atoms with Crippen LogP contribution in [-0.2, 0) is 14.3 Å². The van der Waals surface area contributed by atoms with Gasteiger partial charge in [-0.25, -0.2) is 4.79 Å². The molecule has 0 aliphatic carbocycles. The summed E-state index contributed by atoms with van der Waals surface area (Å²) < 4.78 is 5.29. The Morgan fingerprint density at radius 2 is 2.06 bits per heavy atom. The number of carbonyl (C=O) groups excluding carboxylic acids is 2. The largest absolute Gasteiger partial charge is 0.460 e. The van der Waals surface area contributed by atoms with E-state index in [1.807, 2.05) is 0 Å². The zero-order chi connectivity index (χ0) is 12.1. The summed E-state index contributed by atoms with van der Waals surface area (Å²) in [4.78, 5) is 22.8. The Kier molecular flexibility index (Phi) is 4.96. The molecule has 1 aromatic carbocycles. The summed E-state index contributed by atoms with van der Waals surface area (Å²) in [7, 11) is 0. The first-order valence-electron chi connectivity index (χ1n) is 4.67. The number of ether oxygens (including phenoxy) is 1. The summed E-state index contributed by atoms with van der Waals surface area (Å²) in [6.07, 6.45) is 0. The highest BCUT2D eigenvalue weighted by Crippen LogP contribution is 2.28. The van der Waals surface area contributed by atoms with E-state index in [0.29, 0.717) is 10.0 Å². The summed E-state index contributed by atoms with van der Waals surface area (Å²) >= 11 is 9.18. The third kappa shape index (κ3) is 3.06. The third-order valence-electron chi connectivity index (χ3n) is 1.89. The van der Waals surface area contributed by atoms with Crippen molar-refractivity contribution in [1.29, 1.82) is 0 Å². The van der Waals surface area contributed by atoms with Crippen molar-refractivity contribution in [2.75, 3.05) is 6.61 Å². The molecule has 0 N–H and O–H groups in total. The fourth-order valence-electron chi connectivity index (χ4n) is 1.13. The van der Waals surface area contributed by atoms with Gasteiger partial charge in [-0.15, -0.1) is 11.6 Å². The maximum Gasteiger partial charge on any atom is 0.376 e. The van der Waals surface area contributed by atoms with Gasteiger partial charge in [-0.3, -0.25) is 4.79 Å². The number of hydrogen-bond donors (Lipinski definition) is 0. The summed E-state index contributed by atoms with van der Waals surface area (Å²) in [5.74, 6) is -1.66. The summed E-state index contributed by atoms with van der Waals surface area (Å²) in [6.45, 7) is 1.79. The minimum atomic E-state index is -1.02. The molecule has 16 heavy (non-hydrogen) atoms. The third-order valence-corrected chi connectivity index (χ3v) is 3.04. The number of alkyl halides is 1. The van der Waals surface area contributed by atoms with E-state index in [-0.39, 0.29) is 6.61 Å². The molecule has 0 heterocycles. The average Bonchev–Trinajstić information content (AvgIpc) is 2.28. The van der Waals surface area contributed by atoms with Gasteiger partial charge >= 0.3 is 5.97 Å². The molecule has 1 rings (SSSR count). The first kappa shape index (κ1) is 13.2. The number of carbonyl (C=O) groups is 2. The van der Waals surface area contributed by atoms with E-state index in [1.54, 1.807) is 31.2 Å². The van der Waals surface area contributed by atoms with Crippen molar-refractivity contribution in [2.24, 2.45) is 0 Å². The van der Waals surface area contributed by atoms with Crippen LogP contribution in [0.15, 0.2) is 28.7 Å². The molecule has 1 aromatic rings. The van der Waals surface area contributed by atoms with Crippen molar-refractivity contribution in [3.05, 3.63) is 34.3 Å². The van der Waals surface area contributed by atoms with E-state index in [4.69, 9.17) is 11.6 Å².